The molecule has 2 aliphatic rings. The number of benzene rings is 1. The summed E-state index contributed by atoms with van der Waals surface area (Å²) in [5.41, 5.74) is 4.16. The normalized spacial score (nSPS) is 22.6. The van der Waals surface area contributed by atoms with Gasteiger partial charge in [-0.2, -0.15) is 0 Å². The molecule has 3 rings (SSSR count). The van der Waals surface area contributed by atoms with Gasteiger partial charge in [0.05, 0.1) is 6.10 Å². The van der Waals surface area contributed by atoms with Gasteiger partial charge in [-0.05, 0) is 42.9 Å². The minimum Gasteiger partial charge on any atom is -0.384 e. The molecule has 0 bridgehead atoms. The quantitative estimate of drug-likeness (QED) is 0.855. The first-order valence-electron chi connectivity index (χ1n) is 7.10. The van der Waals surface area contributed by atoms with Gasteiger partial charge in [0.25, 0.3) is 0 Å². The van der Waals surface area contributed by atoms with Crippen molar-refractivity contribution in [1.82, 2.24) is 5.32 Å². The molecule has 2 N–H and O–H groups in total. The minimum absolute atomic E-state index is 0.426. The van der Waals surface area contributed by atoms with Gasteiger partial charge >= 0.3 is 0 Å². The lowest BCUT2D eigenvalue weighted by atomic mass is 10.1. The number of hydrogen-bond acceptors (Lipinski definition) is 3. The third kappa shape index (κ3) is 2.85. The summed E-state index contributed by atoms with van der Waals surface area (Å²) in [5.74, 6) is 0. The molecule has 3 heteroatoms. The van der Waals surface area contributed by atoms with Gasteiger partial charge in [0.2, 0.25) is 0 Å². The zero-order valence-electron chi connectivity index (χ0n) is 10.9. The van der Waals surface area contributed by atoms with Crippen LogP contribution in [0.3, 0.4) is 0 Å². The van der Waals surface area contributed by atoms with Gasteiger partial charge < -0.3 is 15.4 Å². The molecule has 1 fully saturated rings. The van der Waals surface area contributed by atoms with Gasteiger partial charge in [-0.1, -0.05) is 12.1 Å². The second-order valence-corrected chi connectivity index (χ2v) is 5.29. The Bertz CT molecular complexity index is 399. The number of fused-ring (bicyclic) bond motifs is 1. The second kappa shape index (κ2) is 5.72. The van der Waals surface area contributed by atoms with Crippen molar-refractivity contribution >= 4 is 5.69 Å². The zero-order valence-corrected chi connectivity index (χ0v) is 10.9. The Morgan fingerprint density at radius 1 is 1.33 bits per heavy atom. The topological polar surface area (TPSA) is 33.3 Å². The molecule has 1 unspecified atom stereocenters. The molecular weight excluding hydrogens is 224 g/mol. The molecule has 18 heavy (non-hydrogen) atoms. The van der Waals surface area contributed by atoms with Crippen LogP contribution < -0.4 is 10.6 Å². The lowest BCUT2D eigenvalue weighted by Crippen LogP contribution is -2.31. The standard InChI is InChI=1S/C15H22N2O/c1-2-8-18-14(3-1)11-16-10-12-4-5-15-13(9-12)6-7-17-15/h4-5,9,14,16-17H,1-3,6-8,10-11H2. The first kappa shape index (κ1) is 12.0. The maximum atomic E-state index is 5.72. The number of rotatable bonds is 4. The van der Waals surface area contributed by atoms with Crippen LogP contribution in [0.5, 0.6) is 0 Å². The van der Waals surface area contributed by atoms with E-state index in [0.717, 1.165) is 32.7 Å². The van der Waals surface area contributed by atoms with Crippen LogP contribution in [0.1, 0.15) is 30.4 Å². The molecule has 2 heterocycles. The number of nitrogens with one attached hydrogen (secondary N) is 2. The van der Waals surface area contributed by atoms with Gasteiger partial charge in [0.1, 0.15) is 0 Å². The monoisotopic (exact) mass is 246 g/mol. The summed E-state index contributed by atoms with van der Waals surface area (Å²) in [6.07, 6.45) is 5.34. The smallest absolute Gasteiger partial charge is 0.0699 e. The lowest BCUT2D eigenvalue weighted by Gasteiger charge is -2.22. The van der Waals surface area contributed by atoms with Gasteiger partial charge in [0, 0.05) is 31.9 Å². The highest BCUT2D eigenvalue weighted by Crippen LogP contribution is 2.22. The maximum Gasteiger partial charge on any atom is 0.0699 e. The molecule has 1 atom stereocenters. The summed E-state index contributed by atoms with van der Waals surface area (Å²) in [7, 11) is 0. The van der Waals surface area contributed by atoms with Gasteiger partial charge in [0.15, 0.2) is 0 Å². The average molecular weight is 246 g/mol. The predicted molar refractivity (Wildman–Crippen MR) is 73.9 cm³/mol. The van der Waals surface area contributed by atoms with E-state index in [1.165, 1.54) is 36.1 Å². The Hall–Kier alpha value is -1.06. The van der Waals surface area contributed by atoms with Crippen LogP contribution in [0.15, 0.2) is 18.2 Å². The predicted octanol–water partition coefficient (Wildman–Crippen LogP) is 2.31. The van der Waals surface area contributed by atoms with Crippen LogP contribution in [0, 0.1) is 0 Å². The van der Waals surface area contributed by atoms with Crippen LogP contribution >= 0.6 is 0 Å². The molecule has 0 spiro atoms. The molecule has 0 aliphatic carbocycles. The second-order valence-electron chi connectivity index (χ2n) is 5.29. The molecule has 0 aromatic heterocycles. The van der Waals surface area contributed by atoms with Gasteiger partial charge in [-0.3, -0.25) is 0 Å². The van der Waals surface area contributed by atoms with Crippen molar-refractivity contribution < 1.29 is 4.74 Å². The molecule has 1 aromatic rings. The maximum absolute atomic E-state index is 5.72. The van der Waals surface area contributed by atoms with Crippen LogP contribution in [-0.4, -0.2) is 25.8 Å². The summed E-state index contributed by atoms with van der Waals surface area (Å²) in [5, 5.41) is 6.91. The van der Waals surface area contributed by atoms with Crippen molar-refractivity contribution in [3.8, 4) is 0 Å². The van der Waals surface area contributed by atoms with E-state index in [9.17, 15) is 0 Å². The van der Waals surface area contributed by atoms with Crippen molar-refractivity contribution in [1.29, 1.82) is 0 Å². The van der Waals surface area contributed by atoms with Crippen molar-refractivity contribution in [2.24, 2.45) is 0 Å². The lowest BCUT2D eigenvalue weighted by molar-refractivity contribution is 0.0168. The van der Waals surface area contributed by atoms with E-state index < -0.39 is 0 Å². The number of anilines is 1. The van der Waals surface area contributed by atoms with Crippen LogP contribution in [0.25, 0.3) is 0 Å². The van der Waals surface area contributed by atoms with Gasteiger partial charge in [-0.25, -0.2) is 0 Å². The Balaban J connectivity index is 1.48. The van der Waals surface area contributed by atoms with E-state index in [1.807, 2.05) is 0 Å². The highest BCUT2D eigenvalue weighted by atomic mass is 16.5. The Morgan fingerprint density at radius 3 is 3.22 bits per heavy atom. The van der Waals surface area contributed by atoms with Crippen LogP contribution in [0.4, 0.5) is 5.69 Å². The fourth-order valence-corrected chi connectivity index (χ4v) is 2.81. The van der Waals surface area contributed by atoms with Crippen LogP contribution in [-0.2, 0) is 17.7 Å². The molecule has 2 aliphatic heterocycles. The first-order valence-corrected chi connectivity index (χ1v) is 7.10. The molecule has 98 valence electrons. The van der Waals surface area contributed by atoms with Crippen molar-refractivity contribution in [3.63, 3.8) is 0 Å². The average Bonchev–Trinajstić information content (AvgIpc) is 2.87. The Labute approximate surface area is 109 Å². The third-order valence-corrected chi connectivity index (χ3v) is 3.85. The first-order chi connectivity index (χ1) is 8.92. The zero-order chi connectivity index (χ0) is 12.2. The summed E-state index contributed by atoms with van der Waals surface area (Å²) in [6, 6.07) is 6.74. The summed E-state index contributed by atoms with van der Waals surface area (Å²) >= 11 is 0. The molecule has 0 radical (unpaired) electrons. The van der Waals surface area contributed by atoms with Crippen molar-refractivity contribution in [2.75, 3.05) is 25.0 Å². The summed E-state index contributed by atoms with van der Waals surface area (Å²) < 4.78 is 5.72. The minimum atomic E-state index is 0.426. The number of ether oxygens (including phenoxy) is 1. The highest BCUT2D eigenvalue weighted by molar-refractivity contribution is 5.56. The SMILES string of the molecule is c1cc2c(cc1CNCC1CCCCO1)CCN2. The van der Waals surface area contributed by atoms with E-state index in [-0.39, 0.29) is 0 Å². The van der Waals surface area contributed by atoms with E-state index in [4.69, 9.17) is 4.74 Å². The summed E-state index contributed by atoms with van der Waals surface area (Å²) in [6.45, 7) is 3.96. The fourth-order valence-electron chi connectivity index (χ4n) is 2.81. The molecule has 0 amide bonds. The largest absolute Gasteiger partial charge is 0.384 e. The molecular formula is C15H22N2O. The van der Waals surface area contributed by atoms with Crippen molar-refractivity contribution in [3.05, 3.63) is 29.3 Å². The Morgan fingerprint density at radius 2 is 2.33 bits per heavy atom. The highest BCUT2D eigenvalue weighted by Gasteiger charge is 2.13. The van der Waals surface area contributed by atoms with Crippen LogP contribution in [0.2, 0.25) is 0 Å². The van der Waals surface area contributed by atoms with E-state index in [0.29, 0.717) is 6.10 Å². The van der Waals surface area contributed by atoms with Gasteiger partial charge in [-0.15, -0.1) is 0 Å². The third-order valence-electron chi connectivity index (χ3n) is 3.85. The van der Waals surface area contributed by atoms with Crippen molar-refractivity contribution in [2.45, 2.75) is 38.3 Å². The fraction of sp³-hybridized carbons (Fsp3) is 0.600. The Kier molecular flexibility index (Phi) is 3.81. The molecule has 0 saturated carbocycles. The molecule has 1 saturated heterocycles. The van der Waals surface area contributed by atoms with E-state index >= 15 is 0 Å². The molecule has 3 nitrogen and oxygen atoms in total. The van der Waals surface area contributed by atoms with E-state index in [2.05, 4.69) is 28.8 Å². The number of hydrogen-bond donors (Lipinski definition) is 2. The van der Waals surface area contributed by atoms with E-state index in [1.54, 1.807) is 0 Å². The molecule has 1 aromatic carbocycles. The summed E-state index contributed by atoms with van der Waals surface area (Å²) in [4.78, 5) is 0.